The molecule has 0 heterocycles. The van der Waals surface area contributed by atoms with Crippen LogP contribution in [0.5, 0.6) is 0 Å². The van der Waals surface area contributed by atoms with Gasteiger partial charge in [0.05, 0.1) is 11.9 Å². The molecule has 0 bridgehead atoms. The molecule has 4 nitrogen and oxygen atoms in total. The molecule has 0 saturated carbocycles. The number of carboxylic acid groups (broad SMARTS) is 2. The molecule has 0 aromatic heterocycles. The van der Waals surface area contributed by atoms with Crippen LogP contribution in [0.25, 0.3) is 0 Å². The standard InChI is InChI=1S/2C3H2Br2O2.Cd/c2*4-1-2(5)3(6)7;/h2*1H,(H,6,7);/q;;+2/p-2/b2*2-1-;. The van der Waals surface area contributed by atoms with Crippen LogP contribution in [0.1, 0.15) is 0 Å². The fourth-order valence-corrected chi connectivity index (χ4v) is 0.463. The van der Waals surface area contributed by atoms with Crippen molar-refractivity contribution in [3.05, 3.63) is 18.9 Å². The summed E-state index contributed by atoms with van der Waals surface area (Å²) in [6.45, 7) is 0. The first-order valence-corrected chi connectivity index (χ1v) is 6.13. The number of carboxylic acids is 2. The van der Waals surface area contributed by atoms with Crippen LogP contribution in [0.3, 0.4) is 0 Å². The van der Waals surface area contributed by atoms with Crippen molar-refractivity contribution in [2.45, 2.75) is 0 Å². The van der Waals surface area contributed by atoms with Crippen molar-refractivity contribution in [3.63, 3.8) is 0 Å². The number of aliphatic carboxylic acids is 2. The number of hydrogen-bond donors (Lipinski definition) is 0. The molecule has 0 amide bonds. The second-order valence-corrected chi connectivity index (χ2v) is 4.11. The van der Waals surface area contributed by atoms with E-state index in [2.05, 4.69) is 63.7 Å². The molecule has 0 aliphatic carbocycles. The third kappa shape index (κ3) is 15.3. The summed E-state index contributed by atoms with van der Waals surface area (Å²) in [4.78, 5) is 21.8. The van der Waals surface area contributed by atoms with Gasteiger partial charge in [0.25, 0.3) is 0 Å². The predicted octanol–water partition coefficient (Wildman–Crippen LogP) is 0.732. The molecule has 0 saturated heterocycles. The SMILES string of the molecule is O=C([O-])/C(Br)=C/Br.O=C([O-])/C(Br)=C/Br.[Cd+2]. The first-order chi connectivity index (χ1) is 6.36. The van der Waals surface area contributed by atoms with Gasteiger partial charge in [0, 0.05) is 8.96 Å². The second kappa shape index (κ2) is 13.3. The minimum absolute atomic E-state index is 0. The summed E-state index contributed by atoms with van der Waals surface area (Å²) in [5.41, 5.74) is 0. The summed E-state index contributed by atoms with van der Waals surface area (Å²) in [5.74, 6) is -2.45. The zero-order valence-corrected chi connectivity index (χ0v) is 17.4. The average molecular weight is 570 g/mol. The van der Waals surface area contributed by atoms with Crippen molar-refractivity contribution < 1.29 is 47.1 Å². The zero-order valence-electron chi connectivity index (χ0n) is 7.01. The Morgan fingerprint density at radius 1 is 0.867 bits per heavy atom. The van der Waals surface area contributed by atoms with E-state index in [9.17, 15) is 19.8 Å². The van der Waals surface area contributed by atoms with Crippen molar-refractivity contribution in [3.8, 4) is 0 Å². The summed E-state index contributed by atoms with van der Waals surface area (Å²) < 4.78 is 0.0139. The van der Waals surface area contributed by atoms with E-state index in [-0.39, 0.29) is 36.3 Å². The largest absolute Gasteiger partial charge is 2.00 e. The number of hydrogen-bond acceptors (Lipinski definition) is 4. The summed E-state index contributed by atoms with van der Waals surface area (Å²) in [6, 6.07) is 0. The van der Waals surface area contributed by atoms with E-state index in [1.165, 1.54) is 9.97 Å². The fourth-order valence-electron chi connectivity index (χ4n) is 0.0891. The molecule has 0 radical (unpaired) electrons. The Hall–Kier alpha value is 1.26. The topological polar surface area (TPSA) is 80.3 Å². The molecular weight excluding hydrogens is 568 g/mol. The predicted molar refractivity (Wildman–Crippen MR) is 61.9 cm³/mol. The van der Waals surface area contributed by atoms with Gasteiger partial charge in [-0.25, -0.2) is 0 Å². The maximum absolute atomic E-state index is 9.67. The van der Waals surface area contributed by atoms with E-state index in [4.69, 9.17) is 0 Å². The quantitative estimate of drug-likeness (QED) is 0.363. The van der Waals surface area contributed by atoms with Crippen molar-refractivity contribution in [2.24, 2.45) is 0 Å². The van der Waals surface area contributed by atoms with Gasteiger partial charge in [-0.05, 0) is 41.8 Å². The number of carbonyl (C=O) groups excluding carboxylic acids is 2. The molecule has 0 aliphatic rings. The molecule has 0 fully saturated rings. The van der Waals surface area contributed by atoms with Crippen LogP contribution in [0.2, 0.25) is 0 Å². The Kier molecular flexibility index (Phi) is 19.1. The third-order valence-corrected chi connectivity index (χ3v) is 3.83. The maximum Gasteiger partial charge on any atom is 2.00 e. The van der Waals surface area contributed by atoms with Gasteiger partial charge in [-0.15, -0.1) is 0 Å². The van der Waals surface area contributed by atoms with Crippen LogP contribution in [0.15, 0.2) is 18.9 Å². The van der Waals surface area contributed by atoms with Gasteiger partial charge >= 0.3 is 27.3 Å². The van der Waals surface area contributed by atoms with Gasteiger partial charge < -0.3 is 19.8 Å². The summed E-state index contributed by atoms with van der Waals surface area (Å²) in [6.07, 6.45) is 0. The summed E-state index contributed by atoms with van der Waals surface area (Å²) in [5, 5.41) is 19.3. The van der Waals surface area contributed by atoms with E-state index in [1.54, 1.807) is 0 Å². The Morgan fingerprint density at radius 2 is 1.07 bits per heavy atom. The van der Waals surface area contributed by atoms with Gasteiger partial charge in [0.15, 0.2) is 0 Å². The summed E-state index contributed by atoms with van der Waals surface area (Å²) in [7, 11) is 0. The van der Waals surface area contributed by atoms with Crippen molar-refractivity contribution in [1.82, 2.24) is 0 Å². The van der Waals surface area contributed by atoms with Crippen LogP contribution in [0, 0.1) is 0 Å². The molecule has 80 valence electrons. The van der Waals surface area contributed by atoms with E-state index in [0.717, 1.165) is 0 Å². The van der Waals surface area contributed by atoms with Crippen LogP contribution in [-0.2, 0) is 36.9 Å². The van der Waals surface area contributed by atoms with Gasteiger partial charge in [-0.2, -0.15) is 0 Å². The van der Waals surface area contributed by atoms with E-state index in [1.807, 2.05) is 0 Å². The summed E-state index contributed by atoms with van der Waals surface area (Å²) >= 11 is 11.0. The van der Waals surface area contributed by atoms with E-state index in [0.29, 0.717) is 0 Å². The van der Waals surface area contributed by atoms with Gasteiger partial charge in [-0.3, -0.25) is 0 Å². The molecule has 0 aliphatic heterocycles. The number of halogens is 4. The molecular formula is C6H2Br4CdO4. The smallest absolute Gasteiger partial charge is 0.544 e. The van der Waals surface area contributed by atoms with Gasteiger partial charge in [0.1, 0.15) is 0 Å². The molecule has 15 heavy (non-hydrogen) atoms. The first kappa shape index (κ1) is 21.5. The number of rotatable bonds is 2. The van der Waals surface area contributed by atoms with Crippen LogP contribution in [-0.4, -0.2) is 11.9 Å². The molecule has 0 rings (SSSR count). The molecule has 0 aromatic carbocycles. The first-order valence-electron chi connectivity index (χ1n) is 2.71. The minimum Gasteiger partial charge on any atom is -0.544 e. The van der Waals surface area contributed by atoms with Crippen LogP contribution >= 0.6 is 63.7 Å². The fraction of sp³-hybridized carbons (Fsp3) is 0. The van der Waals surface area contributed by atoms with Gasteiger partial charge in [0.2, 0.25) is 0 Å². The molecule has 0 spiro atoms. The van der Waals surface area contributed by atoms with E-state index >= 15 is 0 Å². The Balaban J connectivity index is -0.000000180. The minimum atomic E-state index is -1.23. The molecule has 0 unspecified atom stereocenters. The Labute approximate surface area is 140 Å². The van der Waals surface area contributed by atoms with Crippen molar-refractivity contribution >= 4 is 75.7 Å². The normalized spacial score (nSPS) is 10.7. The monoisotopic (exact) mass is 568 g/mol. The Bertz CT molecular complexity index is 248. The van der Waals surface area contributed by atoms with Crippen LogP contribution in [0.4, 0.5) is 0 Å². The molecule has 0 aromatic rings. The van der Waals surface area contributed by atoms with Crippen molar-refractivity contribution in [2.75, 3.05) is 0 Å². The van der Waals surface area contributed by atoms with E-state index < -0.39 is 11.9 Å². The third-order valence-electron chi connectivity index (χ3n) is 0.582. The van der Waals surface area contributed by atoms with Crippen molar-refractivity contribution in [1.29, 1.82) is 0 Å². The number of carbonyl (C=O) groups is 2. The second-order valence-electron chi connectivity index (χ2n) is 1.49. The average Bonchev–Trinajstić information content (AvgIpc) is 2.15. The van der Waals surface area contributed by atoms with Crippen LogP contribution < -0.4 is 10.2 Å². The maximum atomic E-state index is 9.67. The molecule has 0 atom stereocenters. The van der Waals surface area contributed by atoms with Gasteiger partial charge in [-0.1, -0.05) is 31.9 Å². The zero-order chi connectivity index (χ0) is 11.7. The Morgan fingerprint density at radius 3 is 1.07 bits per heavy atom. The molecule has 9 heteroatoms. The molecule has 0 N–H and O–H groups in total.